The Bertz CT molecular complexity index is 395. The fourth-order valence-corrected chi connectivity index (χ4v) is 1.42. The van der Waals surface area contributed by atoms with Crippen molar-refractivity contribution in [2.75, 3.05) is 0 Å². The summed E-state index contributed by atoms with van der Waals surface area (Å²) in [4.78, 5) is 11.5. The van der Waals surface area contributed by atoms with E-state index in [4.69, 9.17) is 4.74 Å². The molecule has 0 bridgehead atoms. The number of amides is 1. The van der Waals surface area contributed by atoms with Gasteiger partial charge in [0.1, 0.15) is 6.61 Å². The third-order valence-corrected chi connectivity index (χ3v) is 2.48. The zero-order valence-electron chi connectivity index (χ0n) is 10.7. The van der Waals surface area contributed by atoms with Crippen LogP contribution in [0.4, 0.5) is 4.79 Å². The van der Waals surface area contributed by atoms with Gasteiger partial charge in [-0.1, -0.05) is 36.4 Å². The van der Waals surface area contributed by atoms with E-state index in [1.807, 2.05) is 30.3 Å². The highest BCUT2D eigenvalue weighted by atomic mass is 16.5. The largest absolute Gasteiger partial charge is 0.445 e. The molecule has 0 saturated heterocycles. The maximum atomic E-state index is 11.5. The molecule has 18 heavy (non-hydrogen) atoms. The molecule has 1 aromatic rings. The van der Waals surface area contributed by atoms with Crippen molar-refractivity contribution < 1.29 is 14.6 Å². The van der Waals surface area contributed by atoms with Crippen molar-refractivity contribution in [1.29, 1.82) is 0 Å². The van der Waals surface area contributed by atoms with Crippen LogP contribution in [0.2, 0.25) is 0 Å². The van der Waals surface area contributed by atoms with Crippen LogP contribution in [-0.2, 0) is 11.3 Å². The minimum absolute atomic E-state index is 0.197. The molecule has 2 N–H and O–H groups in total. The molecule has 1 amide bonds. The van der Waals surface area contributed by atoms with E-state index in [1.54, 1.807) is 13.8 Å². The number of carbonyl (C=O) groups is 1. The molecule has 0 fully saturated rings. The van der Waals surface area contributed by atoms with Crippen LogP contribution in [0, 0.1) is 0 Å². The van der Waals surface area contributed by atoms with Gasteiger partial charge in [0, 0.05) is 0 Å². The van der Waals surface area contributed by atoms with E-state index in [0.717, 1.165) is 5.56 Å². The number of hydrogen-bond donors (Lipinski definition) is 2. The van der Waals surface area contributed by atoms with E-state index in [-0.39, 0.29) is 6.61 Å². The lowest BCUT2D eigenvalue weighted by Crippen LogP contribution is -2.47. The standard InChI is InChI=1S/C14H19NO3/c1-4-12(14(2,3)17)15-13(16)18-10-11-8-6-5-7-9-11/h4-9,12,17H,1,10H2,2-3H3,(H,15,16). The van der Waals surface area contributed by atoms with Crippen molar-refractivity contribution in [2.45, 2.75) is 32.1 Å². The van der Waals surface area contributed by atoms with Gasteiger partial charge in [-0.05, 0) is 19.4 Å². The first-order valence-corrected chi connectivity index (χ1v) is 5.75. The molecule has 0 aliphatic carbocycles. The van der Waals surface area contributed by atoms with Crippen LogP contribution in [0.15, 0.2) is 43.0 Å². The summed E-state index contributed by atoms with van der Waals surface area (Å²) < 4.78 is 5.05. The van der Waals surface area contributed by atoms with E-state index in [1.165, 1.54) is 6.08 Å². The Morgan fingerprint density at radius 3 is 2.61 bits per heavy atom. The summed E-state index contributed by atoms with van der Waals surface area (Å²) in [5.74, 6) is 0. The second kappa shape index (κ2) is 6.21. The number of ether oxygens (including phenoxy) is 1. The molecule has 1 atom stereocenters. The second-order valence-electron chi connectivity index (χ2n) is 4.57. The van der Waals surface area contributed by atoms with Gasteiger partial charge in [0.2, 0.25) is 0 Å². The number of rotatable bonds is 5. The fourth-order valence-electron chi connectivity index (χ4n) is 1.42. The highest BCUT2D eigenvalue weighted by Crippen LogP contribution is 2.09. The van der Waals surface area contributed by atoms with Gasteiger partial charge >= 0.3 is 6.09 Å². The monoisotopic (exact) mass is 249 g/mol. The first-order valence-electron chi connectivity index (χ1n) is 5.75. The van der Waals surface area contributed by atoms with Gasteiger partial charge in [-0.15, -0.1) is 6.58 Å². The SMILES string of the molecule is C=CC(NC(=O)OCc1ccccc1)C(C)(C)O. The smallest absolute Gasteiger partial charge is 0.408 e. The normalized spacial score (nSPS) is 12.6. The Labute approximate surface area is 107 Å². The number of aliphatic hydroxyl groups is 1. The van der Waals surface area contributed by atoms with E-state index < -0.39 is 17.7 Å². The van der Waals surface area contributed by atoms with Crippen molar-refractivity contribution in [1.82, 2.24) is 5.32 Å². The maximum absolute atomic E-state index is 11.5. The average molecular weight is 249 g/mol. The molecule has 0 aromatic heterocycles. The van der Waals surface area contributed by atoms with Gasteiger partial charge < -0.3 is 15.2 Å². The van der Waals surface area contributed by atoms with E-state index in [9.17, 15) is 9.90 Å². The number of carbonyl (C=O) groups excluding carboxylic acids is 1. The Morgan fingerprint density at radius 2 is 2.11 bits per heavy atom. The fraction of sp³-hybridized carbons (Fsp3) is 0.357. The summed E-state index contributed by atoms with van der Waals surface area (Å²) in [5, 5.41) is 12.3. The van der Waals surface area contributed by atoms with Crippen molar-refractivity contribution >= 4 is 6.09 Å². The van der Waals surface area contributed by atoms with E-state index >= 15 is 0 Å². The molecular weight excluding hydrogens is 230 g/mol. The van der Waals surface area contributed by atoms with E-state index in [2.05, 4.69) is 11.9 Å². The molecule has 0 spiro atoms. The molecule has 4 heteroatoms. The van der Waals surface area contributed by atoms with Crippen LogP contribution in [-0.4, -0.2) is 22.8 Å². The minimum atomic E-state index is -1.08. The Hall–Kier alpha value is -1.81. The molecule has 0 aliphatic rings. The van der Waals surface area contributed by atoms with Crippen LogP contribution in [0.3, 0.4) is 0 Å². The number of alkyl carbamates (subject to hydrolysis) is 1. The van der Waals surface area contributed by atoms with Gasteiger partial charge in [-0.25, -0.2) is 4.79 Å². The number of hydrogen-bond acceptors (Lipinski definition) is 3. The highest BCUT2D eigenvalue weighted by molar-refractivity contribution is 5.68. The highest BCUT2D eigenvalue weighted by Gasteiger charge is 2.25. The third kappa shape index (κ3) is 4.59. The van der Waals surface area contributed by atoms with Gasteiger partial charge in [-0.2, -0.15) is 0 Å². The van der Waals surface area contributed by atoms with Gasteiger partial charge in [0.25, 0.3) is 0 Å². The van der Waals surface area contributed by atoms with Crippen molar-refractivity contribution in [2.24, 2.45) is 0 Å². The average Bonchev–Trinajstić information content (AvgIpc) is 2.33. The molecule has 0 saturated carbocycles. The zero-order valence-corrected chi connectivity index (χ0v) is 10.7. The lowest BCUT2D eigenvalue weighted by molar-refractivity contribution is 0.0494. The molecule has 1 unspecified atom stereocenters. The zero-order chi connectivity index (χ0) is 13.6. The second-order valence-corrected chi connectivity index (χ2v) is 4.57. The van der Waals surface area contributed by atoms with Gasteiger partial charge in [0.05, 0.1) is 11.6 Å². The first-order chi connectivity index (χ1) is 8.43. The van der Waals surface area contributed by atoms with Crippen LogP contribution in [0.1, 0.15) is 19.4 Å². The predicted octanol–water partition coefficient (Wildman–Crippen LogP) is 2.24. The predicted molar refractivity (Wildman–Crippen MR) is 70.0 cm³/mol. The molecule has 1 aromatic carbocycles. The van der Waals surface area contributed by atoms with Crippen molar-refractivity contribution in [3.05, 3.63) is 48.6 Å². The molecule has 4 nitrogen and oxygen atoms in total. The third-order valence-electron chi connectivity index (χ3n) is 2.48. The van der Waals surface area contributed by atoms with Crippen LogP contribution >= 0.6 is 0 Å². The van der Waals surface area contributed by atoms with Crippen LogP contribution in [0.25, 0.3) is 0 Å². The first kappa shape index (κ1) is 14.3. The molecule has 1 rings (SSSR count). The molecular formula is C14H19NO3. The summed E-state index contributed by atoms with van der Waals surface area (Å²) >= 11 is 0. The molecule has 0 radical (unpaired) electrons. The topological polar surface area (TPSA) is 58.6 Å². The molecule has 98 valence electrons. The van der Waals surface area contributed by atoms with Gasteiger partial charge in [0.15, 0.2) is 0 Å². The summed E-state index contributed by atoms with van der Waals surface area (Å²) in [7, 11) is 0. The minimum Gasteiger partial charge on any atom is -0.445 e. The van der Waals surface area contributed by atoms with Crippen molar-refractivity contribution in [3.63, 3.8) is 0 Å². The van der Waals surface area contributed by atoms with Crippen LogP contribution in [0.5, 0.6) is 0 Å². The Morgan fingerprint density at radius 1 is 1.50 bits per heavy atom. The Kier molecular flexibility index (Phi) is 4.92. The summed E-state index contributed by atoms with van der Waals surface area (Å²) in [5.41, 5.74) is -0.167. The molecule has 0 heterocycles. The quantitative estimate of drug-likeness (QED) is 0.787. The maximum Gasteiger partial charge on any atom is 0.408 e. The van der Waals surface area contributed by atoms with Gasteiger partial charge in [-0.3, -0.25) is 0 Å². The van der Waals surface area contributed by atoms with Crippen LogP contribution < -0.4 is 5.32 Å². The summed E-state index contributed by atoms with van der Waals surface area (Å²) in [6.07, 6.45) is 0.898. The lowest BCUT2D eigenvalue weighted by atomic mass is 9.99. The van der Waals surface area contributed by atoms with E-state index in [0.29, 0.717) is 0 Å². The summed E-state index contributed by atoms with van der Waals surface area (Å²) in [6.45, 7) is 6.95. The lowest BCUT2D eigenvalue weighted by Gasteiger charge is -2.26. The molecule has 0 aliphatic heterocycles. The number of nitrogens with one attached hydrogen (secondary N) is 1. The van der Waals surface area contributed by atoms with Crippen molar-refractivity contribution in [3.8, 4) is 0 Å². The number of benzene rings is 1. The summed E-state index contributed by atoms with van der Waals surface area (Å²) in [6, 6.07) is 8.83. The Balaban J connectivity index is 2.45.